The van der Waals surface area contributed by atoms with Gasteiger partial charge in [0.15, 0.2) is 6.10 Å². The molecule has 0 aliphatic carbocycles. The average molecular weight is 463 g/mol. The maximum Gasteiger partial charge on any atom is 0.341 e. The molecule has 8 heteroatoms. The normalized spacial score (nSPS) is 22.1. The minimum atomic E-state index is -0.990. The number of amides is 2. The average Bonchev–Trinajstić information content (AvgIpc) is 3.45. The summed E-state index contributed by atoms with van der Waals surface area (Å²) in [5.41, 5.74) is 2.57. The summed E-state index contributed by atoms with van der Waals surface area (Å²) < 4.78 is 4.94. The molecule has 2 amide bonds. The zero-order valence-electron chi connectivity index (χ0n) is 18.3. The molecule has 2 aromatic carbocycles. The van der Waals surface area contributed by atoms with E-state index in [1.807, 2.05) is 67.6 Å². The highest BCUT2D eigenvalue weighted by Crippen LogP contribution is 2.49. The van der Waals surface area contributed by atoms with Crippen LogP contribution < -0.4 is 9.96 Å². The number of rotatable bonds is 4. The summed E-state index contributed by atoms with van der Waals surface area (Å²) in [7, 11) is 1.28. The van der Waals surface area contributed by atoms with Crippen LogP contribution in [0.25, 0.3) is 0 Å². The molecule has 0 bridgehead atoms. The van der Waals surface area contributed by atoms with Crippen LogP contribution in [0.15, 0.2) is 60.7 Å². The molecule has 0 N–H and O–H groups in total. The van der Waals surface area contributed by atoms with Crippen molar-refractivity contribution in [2.75, 3.05) is 17.1 Å². The zero-order chi connectivity index (χ0) is 23.3. The minimum absolute atomic E-state index is 0.248. The van der Waals surface area contributed by atoms with Crippen molar-refractivity contribution in [3.8, 4) is 0 Å². The molecule has 0 spiro atoms. The number of hydrogen-bond acceptors (Lipinski definition) is 7. The quantitative estimate of drug-likeness (QED) is 0.427. The van der Waals surface area contributed by atoms with Crippen LogP contribution in [0.5, 0.6) is 0 Å². The van der Waals surface area contributed by atoms with Gasteiger partial charge in [-0.25, -0.2) is 14.8 Å². The number of thiophene rings is 1. The summed E-state index contributed by atoms with van der Waals surface area (Å²) in [6.07, 6.45) is -0.990. The molecule has 33 heavy (non-hydrogen) atoms. The molecule has 2 aliphatic heterocycles. The molecule has 1 aromatic heterocycles. The maximum absolute atomic E-state index is 13.8. The molecule has 2 fully saturated rings. The van der Waals surface area contributed by atoms with Gasteiger partial charge in [-0.15, -0.1) is 11.3 Å². The third kappa shape index (κ3) is 3.25. The molecule has 7 nitrogen and oxygen atoms in total. The number of para-hydroxylation sites is 1. The third-order valence-electron chi connectivity index (χ3n) is 6.23. The number of anilines is 2. The second kappa shape index (κ2) is 8.13. The summed E-state index contributed by atoms with van der Waals surface area (Å²) in [5.74, 6) is -2.19. The summed E-state index contributed by atoms with van der Waals surface area (Å²) in [6, 6.07) is 18.5. The van der Waals surface area contributed by atoms with Crippen LogP contribution in [0, 0.1) is 19.8 Å². The highest BCUT2D eigenvalue weighted by atomic mass is 32.1. The number of nitrogens with zero attached hydrogens (tertiary/aromatic N) is 2. The first-order chi connectivity index (χ1) is 15.9. The number of aryl methyl sites for hydroxylation is 1. The van der Waals surface area contributed by atoms with Crippen LogP contribution in [0.4, 0.5) is 10.7 Å². The fraction of sp³-hybridized carbons (Fsp3) is 0.240. The van der Waals surface area contributed by atoms with E-state index in [0.29, 0.717) is 10.6 Å². The van der Waals surface area contributed by atoms with E-state index in [2.05, 4.69) is 0 Å². The van der Waals surface area contributed by atoms with Gasteiger partial charge in [-0.1, -0.05) is 48.5 Å². The smallest absolute Gasteiger partial charge is 0.341 e. The summed E-state index contributed by atoms with van der Waals surface area (Å²) in [4.78, 5) is 47.9. The minimum Gasteiger partial charge on any atom is -0.465 e. The highest BCUT2D eigenvalue weighted by Gasteiger charge is 2.61. The maximum atomic E-state index is 13.8. The molecule has 0 saturated carbocycles. The standard InChI is InChI=1S/C25H22N2O5S/c1-14-15(2)33-24(18(14)25(30)31-3)26-22(28)19-20(16-10-6-4-7-11-16)27(32-21(19)23(26)29)17-12-8-5-9-13-17/h4-13,19-21H,1-3H3/t19-,20+,21+/m0/s1. The van der Waals surface area contributed by atoms with Gasteiger partial charge in [-0.2, -0.15) is 0 Å². The molecule has 3 atom stereocenters. The second-order valence-corrected chi connectivity index (χ2v) is 9.24. The number of carbonyl (C=O) groups excluding carboxylic acids is 3. The van der Waals surface area contributed by atoms with Crippen molar-refractivity contribution < 1.29 is 24.0 Å². The van der Waals surface area contributed by atoms with Crippen molar-refractivity contribution >= 4 is 39.8 Å². The van der Waals surface area contributed by atoms with Crippen LogP contribution in [-0.2, 0) is 19.2 Å². The Morgan fingerprint density at radius 1 is 0.970 bits per heavy atom. The zero-order valence-corrected chi connectivity index (χ0v) is 19.2. The van der Waals surface area contributed by atoms with Crippen molar-refractivity contribution in [3.05, 3.63) is 82.2 Å². The second-order valence-electron chi connectivity index (χ2n) is 8.04. The largest absolute Gasteiger partial charge is 0.465 e. The van der Waals surface area contributed by atoms with Crippen molar-refractivity contribution in [2.45, 2.75) is 26.0 Å². The highest BCUT2D eigenvalue weighted by molar-refractivity contribution is 7.17. The number of esters is 1. The predicted octanol–water partition coefficient (Wildman–Crippen LogP) is 4.20. The number of fused-ring (bicyclic) bond motifs is 1. The number of ether oxygens (including phenoxy) is 1. The Morgan fingerprint density at radius 2 is 1.61 bits per heavy atom. The van der Waals surface area contributed by atoms with E-state index in [0.717, 1.165) is 21.0 Å². The van der Waals surface area contributed by atoms with Crippen LogP contribution in [0.1, 0.15) is 32.4 Å². The van der Waals surface area contributed by atoms with Gasteiger partial charge in [-0.3, -0.25) is 14.4 Å². The lowest BCUT2D eigenvalue weighted by Gasteiger charge is -2.28. The Labute approximate surface area is 195 Å². The van der Waals surface area contributed by atoms with Gasteiger partial charge in [0.25, 0.3) is 5.91 Å². The number of hydrogen-bond donors (Lipinski definition) is 0. The monoisotopic (exact) mass is 462 g/mol. The molecule has 5 rings (SSSR count). The summed E-state index contributed by atoms with van der Waals surface area (Å²) in [6.45, 7) is 3.63. The van der Waals surface area contributed by atoms with Crippen LogP contribution in [0.3, 0.4) is 0 Å². The van der Waals surface area contributed by atoms with Crippen molar-refractivity contribution in [1.29, 1.82) is 0 Å². The number of imide groups is 1. The van der Waals surface area contributed by atoms with Crippen LogP contribution in [-0.4, -0.2) is 31.0 Å². The van der Waals surface area contributed by atoms with E-state index in [-0.39, 0.29) is 11.5 Å². The Hall–Kier alpha value is -3.49. The van der Waals surface area contributed by atoms with E-state index in [9.17, 15) is 14.4 Å². The lowest BCUT2D eigenvalue weighted by Crippen LogP contribution is -2.37. The first-order valence-electron chi connectivity index (χ1n) is 10.6. The molecule has 0 unspecified atom stereocenters. The molecule has 3 aromatic rings. The SMILES string of the molecule is COC(=O)c1c(N2C(=O)[C@H]3[C@@H](c4ccccc4)N(c4ccccc4)O[C@H]3C2=O)sc(C)c1C. The van der Waals surface area contributed by atoms with E-state index in [1.165, 1.54) is 18.4 Å². The topological polar surface area (TPSA) is 76.2 Å². The third-order valence-corrected chi connectivity index (χ3v) is 7.42. The van der Waals surface area contributed by atoms with E-state index < -0.39 is 29.9 Å². The van der Waals surface area contributed by atoms with Gasteiger partial charge in [0.05, 0.1) is 24.4 Å². The van der Waals surface area contributed by atoms with Crippen LogP contribution >= 0.6 is 11.3 Å². The van der Waals surface area contributed by atoms with Crippen molar-refractivity contribution in [2.24, 2.45) is 5.92 Å². The van der Waals surface area contributed by atoms with Gasteiger partial charge >= 0.3 is 5.97 Å². The molecule has 168 valence electrons. The lowest BCUT2D eigenvalue weighted by atomic mass is 9.90. The molecule has 0 radical (unpaired) electrons. The Bertz CT molecular complexity index is 1240. The Kier molecular flexibility index (Phi) is 5.26. The molecule has 3 heterocycles. The Balaban J connectivity index is 1.60. The number of hydroxylamine groups is 1. The van der Waals surface area contributed by atoms with Gasteiger partial charge < -0.3 is 4.74 Å². The fourth-order valence-corrected chi connectivity index (χ4v) is 5.67. The van der Waals surface area contributed by atoms with Crippen LogP contribution in [0.2, 0.25) is 0 Å². The van der Waals surface area contributed by atoms with Gasteiger partial charge in [-0.05, 0) is 37.1 Å². The van der Waals surface area contributed by atoms with E-state index in [4.69, 9.17) is 9.57 Å². The number of benzene rings is 2. The van der Waals surface area contributed by atoms with Gasteiger partial charge in [0.1, 0.15) is 10.9 Å². The van der Waals surface area contributed by atoms with E-state index in [1.54, 1.807) is 12.0 Å². The first kappa shape index (κ1) is 21.4. The first-order valence-corrected chi connectivity index (χ1v) is 11.4. The van der Waals surface area contributed by atoms with Crippen molar-refractivity contribution in [3.63, 3.8) is 0 Å². The fourth-order valence-electron chi connectivity index (χ4n) is 4.51. The van der Waals surface area contributed by atoms with Gasteiger partial charge in [0, 0.05) is 4.88 Å². The number of methoxy groups -OCH3 is 1. The molecular formula is C25H22N2O5S. The molecule has 2 saturated heterocycles. The Morgan fingerprint density at radius 3 is 2.24 bits per heavy atom. The summed E-state index contributed by atoms with van der Waals surface area (Å²) in [5, 5.41) is 1.95. The summed E-state index contributed by atoms with van der Waals surface area (Å²) >= 11 is 1.24. The number of carbonyl (C=O) groups is 3. The lowest BCUT2D eigenvalue weighted by molar-refractivity contribution is -0.126. The predicted molar refractivity (Wildman–Crippen MR) is 124 cm³/mol. The van der Waals surface area contributed by atoms with Gasteiger partial charge in [0.2, 0.25) is 5.91 Å². The van der Waals surface area contributed by atoms with E-state index >= 15 is 0 Å². The molecule has 2 aliphatic rings. The molecular weight excluding hydrogens is 440 g/mol. The van der Waals surface area contributed by atoms with Crippen molar-refractivity contribution in [1.82, 2.24) is 0 Å².